The molecule has 0 bridgehead atoms. The number of rotatable bonds is 5. The molecule has 4 nitrogen and oxygen atoms in total. The first-order chi connectivity index (χ1) is 14.2. The summed E-state index contributed by atoms with van der Waals surface area (Å²) in [6, 6.07) is 10.2. The second kappa shape index (κ2) is 8.99. The largest absolute Gasteiger partial charge is 0.394 e. The molecule has 2 heterocycles. The molecule has 1 aromatic carbocycles. The minimum Gasteiger partial charge on any atom is -0.394 e. The standard InChI is InChI=1S/C24H27N3OS/c1-2-20-15-26-24(29-20)27-21(14-25)23(22(27)16-28)19-12-10-18(11-13-19)9-5-8-17-6-3-4-7-17/h10-13,15,17,21-23,28H,2-4,6-8,16H2,1H3/t21-,22-,23+/m0/s1. The molecule has 1 aliphatic heterocycles. The number of thiazole rings is 1. The van der Waals surface area contributed by atoms with Gasteiger partial charge in [0.15, 0.2) is 5.13 Å². The topological polar surface area (TPSA) is 60.2 Å². The maximum atomic E-state index is 10.0. The van der Waals surface area contributed by atoms with Crippen LogP contribution in [0, 0.1) is 29.1 Å². The minimum absolute atomic E-state index is 0.00678. The molecule has 1 aromatic heterocycles. The third kappa shape index (κ3) is 4.04. The second-order valence-electron chi connectivity index (χ2n) is 8.00. The highest BCUT2D eigenvalue weighted by Crippen LogP contribution is 2.44. The highest BCUT2D eigenvalue weighted by molar-refractivity contribution is 7.15. The molecule has 0 radical (unpaired) electrons. The Bertz CT molecular complexity index is 928. The van der Waals surface area contributed by atoms with Gasteiger partial charge < -0.3 is 10.0 Å². The lowest BCUT2D eigenvalue weighted by molar-refractivity contribution is 0.187. The number of aliphatic hydroxyl groups is 1. The van der Waals surface area contributed by atoms with Gasteiger partial charge in [-0.25, -0.2) is 4.98 Å². The lowest BCUT2D eigenvalue weighted by Gasteiger charge is -2.51. The van der Waals surface area contributed by atoms with Crippen LogP contribution in [-0.2, 0) is 6.42 Å². The van der Waals surface area contributed by atoms with Crippen LogP contribution >= 0.6 is 11.3 Å². The van der Waals surface area contributed by atoms with E-state index in [-0.39, 0.29) is 24.6 Å². The van der Waals surface area contributed by atoms with Crippen LogP contribution in [0.5, 0.6) is 0 Å². The van der Waals surface area contributed by atoms with Crippen LogP contribution in [0.1, 0.15) is 60.9 Å². The van der Waals surface area contributed by atoms with Crippen LogP contribution in [-0.4, -0.2) is 28.8 Å². The highest BCUT2D eigenvalue weighted by Gasteiger charge is 2.50. The van der Waals surface area contributed by atoms with Crippen molar-refractivity contribution in [2.45, 2.75) is 63.5 Å². The SMILES string of the molecule is CCc1cnc(N2[C@@H](C#N)[C@@H](c3ccc(C#CCC4CCCC4)cc3)[C@@H]2CO)s1. The first kappa shape index (κ1) is 20.0. The average molecular weight is 406 g/mol. The average Bonchev–Trinajstić information content (AvgIpc) is 3.41. The van der Waals surface area contributed by atoms with Gasteiger partial charge in [0.2, 0.25) is 0 Å². The van der Waals surface area contributed by atoms with E-state index in [9.17, 15) is 10.4 Å². The van der Waals surface area contributed by atoms with E-state index in [1.54, 1.807) is 11.3 Å². The second-order valence-corrected chi connectivity index (χ2v) is 9.09. The van der Waals surface area contributed by atoms with Crippen molar-refractivity contribution in [1.82, 2.24) is 4.98 Å². The summed E-state index contributed by atoms with van der Waals surface area (Å²) >= 11 is 1.61. The molecule has 0 unspecified atom stereocenters. The van der Waals surface area contributed by atoms with Crippen LogP contribution in [0.3, 0.4) is 0 Å². The molecule has 29 heavy (non-hydrogen) atoms. The number of hydrogen-bond donors (Lipinski definition) is 1. The Morgan fingerprint density at radius 3 is 2.62 bits per heavy atom. The van der Waals surface area contributed by atoms with Crippen molar-refractivity contribution in [3.05, 3.63) is 46.5 Å². The zero-order valence-corrected chi connectivity index (χ0v) is 17.7. The van der Waals surface area contributed by atoms with E-state index in [1.807, 2.05) is 23.2 Å². The zero-order chi connectivity index (χ0) is 20.2. The number of hydrogen-bond acceptors (Lipinski definition) is 5. The summed E-state index contributed by atoms with van der Waals surface area (Å²) < 4.78 is 0. The Balaban J connectivity index is 1.47. The van der Waals surface area contributed by atoms with E-state index in [4.69, 9.17) is 0 Å². The van der Waals surface area contributed by atoms with Crippen LogP contribution in [0.2, 0.25) is 0 Å². The molecule has 4 rings (SSSR count). The molecular formula is C24H27N3OS. The third-order valence-electron chi connectivity index (χ3n) is 6.24. The van der Waals surface area contributed by atoms with Crippen LogP contribution in [0.25, 0.3) is 0 Å². The lowest BCUT2D eigenvalue weighted by Crippen LogP contribution is -2.63. The van der Waals surface area contributed by atoms with Gasteiger partial charge in [-0.15, -0.1) is 11.3 Å². The van der Waals surface area contributed by atoms with Crippen molar-refractivity contribution < 1.29 is 5.11 Å². The van der Waals surface area contributed by atoms with Gasteiger partial charge in [0.05, 0.1) is 18.7 Å². The lowest BCUT2D eigenvalue weighted by atomic mass is 9.76. The monoisotopic (exact) mass is 405 g/mol. The molecule has 150 valence electrons. The minimum atomic E-state index is -0.303. The van der Waals surface area contributed by atoms with Crippen LogP contribution < -0.4 is 4.90 Å². The molecule has 1 saturated heterocycles. The van der Waals surface area contributed by atoms with E-state index < -0.39 is 0 Å². The fourth-order valence-electron chi connectivity index (χ4n) is 4.55. The van der Waals surface area contributed by atoms with Gasteiger partial charge in [-0.2, -0.15) is 5.26 Å². The van der Waals surface area contributed by atoms with Crippen molar-refractivity contribution in [1.29, 1.82) is 5.26 Å². The quantitative estimate of drug-likeness (QED) is 0.745. The predicted octanol–water partition coefficient (Wildman–Crippen LogP) is 4.49. The molecule has 3 atom stereocenters. The van der Waals surface area contributed by atoms with Gasteiger partial charge in [0, 0.05) is 29.0 Å². The van der Waals surface area contributed by atoms with Crippen LogP contribution in [0.15, 0.2) is 30.5 Å². The maximum absolute atomic E-state index is 10.0. The Kier molecular flexibility index (Phi) is 6.19. The highest BCUT2D eigenvalue weighted by atomic mass is 32.1. The summed E-state index contributed by atoms with van der Waals surface area (Å²) in [6.07, 6.45) is 9.15. The number of aliphatic hydroxyl groups excluding tert-OH is 1. The first-order valence-corrected chi connectivity index (χ1v) is 11.4. The van der Waals surface area contributed by atoms with E-state index in [0.29, 0.717) is 0 Å². The smallest absolute Gasteiger partial charge is 0.186 e. The van der Waals surface area contributed by atoms with E-state index >= 15 is 0 Å². The number of aromatic nitrogens is 1. The van der Waals surface area contributed by atoms with Gasteiger partial charge in [-0.05, 0) is 42.9 Å². The Morgan fingerprint density at radius 2 is 2.00 bits per heavy atom. The summed E-state index contributed by atoms with van der Waals surface area (Å²) in [5.74, 6) is 7.39. The fourth-order valence-corrected chi connectivity index (χ4v) is 5.50. The van der Waals surface area contributed by atoms with E-state index in [1.165, 1.54) is 30.6 Å². The van der Waals surface area contributed by atoms with E-state index in [2.05, 4.69) is 42.0 Å². The number of anilines is 1. The van der Waals surface area contributed by atoms with Gasteiger partial charge >= 0.3 is 0 Å². The zero-order valence-electron chi connectivity index (χ0n) is 16.8. The number of nitrogens with zero attached hydrogens (tertiary/aromatic N) is 3. The summed E-state index contributed by atoms with van der Waals surface area (Å²) in [5.41, 5.74) is 2.10. The normalized spacial score (nSPS) is 23.9. The Labute approximate surface area is 177 Å². The molecule has 0 spiro atoms. The Morgan fingerprint density at radius 1 is 1.24 bits per heavy atom. The number of benzene rings is 1. The first-order valence-electron chi connectivity index (χ1n) is 10.6. The summed E-state index contributed by atoms with van der Waals surface area (Å²) in [7, 11) is 0. The molecule has 1 saturated carbocycles. The van der Waals surface area contributed by atoms with Crippen LogP contribution in [0.4, 0.5) is 5.13 Å². The van der Waals surface area contributed by atoms with Crippen molar-refractivity contribution in [2.75, 3.05) is 11.5 Å². The molecule has 1 N–H and O–H groups in total. The molecule has 5 heteroatoms. The van der Waals surface area contributed by atoms with E-state index in [0.717, 1.165) is 35.0 Å². The molecular weight excluding hydrogens is 378 g/mol. The number of nitriles is 1. The molecule has 1 aliphatic carbocycles. The molecule has 2 aromatic rings. The van der Waals surface area contributed by atoms with Gasteiger partial charge in [0.25, 0.3) is 0 Å². The summed E-state index contributed by atoms with van der Waals surface area (Å²) in [5, 5.41) is 20.6. The van der Waals surface area contributed by atoms with Gasteiger partial charge in [0.1, 0.15) is 6.04 Å². The van der Waals surface area contributed by atoms with Gasteiger partial charge in [-0.1, -0.05) is 43.7 Å². The van der Waals surface area contributed by atoms with Crippen molar-refractivity contribution in [2.24, 2.45) is 5.92 Å². The number of aryl methyl sites for hydroxylation is 1. The molecule has 2 fully saturated rings. The summed E-state index contributed by atoms with van der Waals surface area (Å²) in [6.45, 7) is 2.10. The third-order valence-corrected chi connectivity index (χ3v) is 7.39. The van der Waals surface area contributed by atoms with Crippen molar-refractivity contribution >= 4 is 16.5 Å². The maximum Gasteiger partial charge on any atom is 0.186 e. The Hall–Kier alpha value is -2.34. The predicted molar refractivity (Wildman–Crippen MR) is 117 cm³/mol. The van der Waals surface area contributed by atoms with Gasteiger partial charge in [-0.3, -0.25) is 0 Å². The fraction of sp³-hybridized carbons (Fsp3) is 0.500. The molecule has 2 aliphatic rings. The van der Waals surface area contributed by atoms with Crippen molar-refractivity contribution in [3.8, 4) is 17.9 Å². The van der Waals surface area contributed by atoms with Crippen molar-refractivity contribution in [3.63, 3.8) is 0 Å². The molecule has 0 amide bonds. The summed E-state index contributed by atoms with van der Waals surface area (Å²) in [4.78, 5) is 7.65.